The molecule has 1 heterocycles. The number of fused-ring (bicyclic) bond motifs is 1. The van der Waals surface area contributed by atoms with E-state index in [9.17, 15) is 14.4 Å². The largest absolute Gasteiger partial charge is 0.452 e. The van der Waals surface area contributed by atoms with Crippen LogP contribution < -0.4 is 10.2 Å². The number of benzene rings is 2. The Labute approximate surface area is 163 Å². The van der Waals surface area contributed by atoms with E-state index in [0.29, 0.717) is 11.4 Å². The topological polar surface area (TPSA) is 75.7 Å². The monoisotopic (exact) mass is 378 g/mol. The lowest BCUT2D eigenvalue weighted by molar-refractivity contribution is -0.143. The molecule has 2 amide bonds. The van der Waals surface area contributed by atoms with E-state index in [4.69, 9.17) is 4.74 Å². The molecule has 0 radical (unpaired) electrons. The van der Waals surface area contributed by atoms with Gasteiger partial charge < -0.3 is 15.0 Å². The van der Waals surface area contributed by atoms with Crippen molar-refractivity contribution in [3.63, 3.8) is 0 Å². The van der Waals surface area contributed by atoms with Gasteiger partial charge in [0.2, 0.25) is 5.91 Å². The summed E-state index contributed by atoms with van der Waals surface area (Å²) in [6, 6.07) is 14.4. The van der Waals surface area contributed by atoms with Crippen molar-refractivity contribution in [3.8, 4) is 0 Å². The Morgan fingerprint density at radius 1 is 1.21 bits per heavy atom. The minimum absolute atomic E-state index is 0.159. The highest BCUT2D eigenvalue weighted by Crippen LogP contribution is 2.31. The normalized spacial score (nSPS) is 16.3. The van der Waals surface area contributed by atoms with Crippen molar-refractivity contribution in [3.05, 3.63) is 65.7 Å². The summed E-state index contributed by atoms with van der Waals surface area (Å²) in [7, 11) is 0. The maximum Gasteiger partial charge on any atom is 0.331 e. The molecule has 3 rings (SSSR count). The van der Waals surface area contributed by atoms with Gasteiger partial charge in [-0.25, -0.2) is 4.79 Å². The van der Waals surface area contributed by atoms with Crippen LogP contribution in [0.25, 0.3) is 6.08 Å². The fourth-order valence-corrected chi connectivity index (χ4v) is 3.16. The summed E-state index contributed by atoms with van der Waals surface area (Å²) >= 11 is 0. The molecule has 6 heteroatoms. The summed E-state index contributed by atoms with van der Waals surface area (Å²) < 4.78 is 5.12. The van der Waals surface area contributed by atoms with Gasteiger partial charge in [-0.2, -0.15) is 0 Å². The van der Waals surface area contributed by atoms with Crippen molar-refractivity contribution in [1.29, 1.82) is 0 Å². The van der Waals surface area contributed by atoms with Gasteiger partial charge in [-0.3, -0.25) is 9.59 Å². The predicted molar refractivity (Wildman–Crippen MR) is 108 cm³/mol. The van der Waals surface area contributed by atoms with Gasteiger partial charge in [0.15, 0.2) is 6.61 Å². The Morgan fingerprint density at radius 2 is 2.00 bits per heavy atom. The second-order valence-electron chi connectivity index (χ2n) is 6.74. The molecule has 0 spiro atoms. The van der Waals surface area contributed by atoms with Crippen LogP contribution in [0.3, 0.4) is 0 Å². The van der Waals surface area contributed by atoms with Gasteiger partial charge in [0.1, 0.15) is 0 Å². The van der Waals surface area contributed by atoms with Crippen LogP contribution in [0.2, 0.25) is 0 Å². The van der Waals surface area contributed by atoms with Crippen molar-refractivity contribution in [2.24, 2.45) is 0 Å². The molecule has 0 bridgehead atoms. The zero-order valence-corrected chi connectivity index (χ0v) is 15.8. The molecule has 0 saturated heterocycles. The molecule has 0 saturated carbocycles. The number of para-hydroxylation sites is 2. The maximum absolute atomic E-state index is 12.7. The Hall–Kier alpha value is -3.41. The van der Waals surface area contributed by atoms with Crippen LogP contribution in [0.4, 0.5) is 11.4 Å². The Morgan fingerprint density at radius 3 is 2.79 bits per heavy atom. The van der Waals surface area contributed by atoms with Crippen LogP contribution in [0.1, 0.15) is 24.5 Å². The smallest absolute Gasteiger partial charge is 0.331 e. The molecule has 0 aliphatic carbocycles. The number of hydrogen-bond acceptors (Lipinski definition) is 4. The summed E-state index contributed by atoms with van der Waals surface area (Å²) in [5.74, 6) is -1.14. The van der Waals surface area contributed by atoms with E-state index in [0.717, 1.165) is 11.1 Å². The molecule has 28 heavy (non-hydrogen) atoms. The lowest BCUT2D eigenvalue weighted by Gasteiger charge is -2.27. The van der Waals surface area contributed by atoms with Gasteiger partial charge in [0.05, 0.1) is 11.4 Å². The molecule has 1 N–H and O–H groups in total. The average Bonchev–Trinajstić information content (AvgIpc) is 2.78. The van der Waals surface area contributed by atoms with E-state index in [1.807, 2.05) is 31.2 Å². The summed E-state index contributed by atoms with van der Waals surface area (Å²) in [5, 5.41) is 2.79. The highest BCUT2D eigenvalue weighted by molar-refractivity contribution is 6.05. The summed E-state index contributed by atoms with van der Waals surface area (Å²) in [6.45, 7) is 3.36. The van der Waals surface area contributed by atoms with E-state index in [2.05, 4.69) is 5.32 Å². The molecule has 2 aromatic carbocycles. The molecule has 1 aliphatic heterocycles. The van der Waals surface area contributed by atoms with Crippen LogP contribution in [-0.2, 0) is 19.1 Å². The van der Waals surface area contributed by atoms with Gasteiger partial charge in [0, 0.05) is 18.5 Å². The summed E-state index contributed by atoms with van der Waals surface area (Å²) in [4.78, 5) is 38.2. The maximum atomic E-state index is 12.7. The van der Waals surface area contributed by atoms with Gasteiger partial charge in [0.25, 0.3) is 5.91 Å². The number of rotatable bonds is 4. The summed E-state index contributed by atoms with van der Waals surface area (Å²) in [5.41, 5.74) is 3.12. The Bertz CT molecular complexity index is 936. The highest BCUT2D eigenvalue weighted by Gasteiger charge is 2.29. The van der Waals surface area contributed by atoms with E-state index in [1.54, 1.807) is 37.3 Å². The number of carbonyl (C=O) groups excluding carboxylic acids is 3. The first-order valence-electron chi connectivity index (χ1n) is 9.06. The summed E-state index contributed by atoms with van der Waals surface area (Å²) in [6.07, 6.45) is 3.11. The molecule has 2 aromatic rings. The number of esters is 1. The first-order chi connectivity index (χ1) is 13.4. The first-order valence-corrected chi connectivity index (χ1v) is 9.06. The molecule has 6 nitrogen and oxygen atoms in total. The quantitative estimate of drug-likeness (QED) is 0.654. The zero-order valence-electron chi connectivity index (χ0n) is 15.8. The third-order valence-corrected chi connectivity index (χ3v) is 4.42. The second-order valence-corrected chi connectivity index (χ2v) is 6.74. The predicted octanol–water partition coefficient (Wildman–Crippen LogP) is 3.32. The molecule has 1 aliphatic rings. The fraction of sp³-hybridized carbons (Fsp3) is 0.227. The highest BCUT2D eigenvalue weighted by atomic mass is 16.5. The van der Waals surface area contributed by atoms with E-state index in [-0.39, 0.29) is 24.3 Å². The van der Waals surface area contributed by atoms with Crippen LogP contribution in [0, 0.1) is 6.92 Å². The van der Waals surface area contributed by atoms with Crippen molar-refractivity contribution in [1.82, 2.24) is 0 Å². The number of anilines is 2. The molecule has 1 atom stereocenters. The Balaban J connectivity index is 1.67. The number of aryl methyl sites for hydroxylation is 1. The zero-order chi connectivity index (χ0) is 20.1. The number of nitrogens with one attached hydrogen (secondary N) is 1. The van der Waals surface area contributed by atoms with Crippen molar-refractivity contribution >= 4 is 35.2 Å². The van der Waals surface area contributed by atoms with E-state index >= 15 is 0 Å². The van der Waals surface area contributed by atoms with E-state index < -0.39 is 12.6 Å². The number of nitrogens with zero attached hydrogens (tertiary/aromatic N) is 1. The molecule has 144 valence electrons. The van der Waals surface area contributed by atoms with Crippen LogP contribution >= 0.6 is 0 Å². The number of amides is 2. The van der Waals surface area contributed by atoms with Crippen LogP contribution in [0.15, 0.2) is 54.6 Å². The second kappa shape index (κ2) is 8.52. The molecule has 0 fully saturated rings. The molecular formula is C22H22N2O4. The first kappa shape index (κ1) is 19.4. The third kappa shape index (κ3) is 4.65. The van der Waals surface area contributed by atoms with Crippen molar-refractivity contribution < 1.29 is 19.1 Å². The van der Waals surface area contributed by atoms with E-state index in [1.165, 1.54) is 11.0 Å². The minimum atomic E-state index is -0.597. The third-order valence-electron chi connectivity index (χ3n) is 4.42. The molecular weight excluding hydrogens is 356 g/mol. The van der Waals surface area contributed by atoms with Crippen LogP contribution in [0.5, 0.6) is 0 Å². The van der Waals surface area contributed by atoms with Crippen molar-refractivity contribution in [2.45, 2.75) is 26.3 Å². The molecule has 0 aromatic heterocycles. The standard InChI is InChI=1S/C22H22N2O4/c1-15-6-5-7-17(12-15)10-11-22(27)28-14-21(26)24-16(2)13-20(25)23-18-8-3-4-9-19(18)24/h3-12,16H,13-14H2,1-2H3,(H,23,25)/b11-10+/t16-/m1/s1. The fourth-order valence-electron chi connectivity index (χ4n) is 3.16. The van der Waals surface area contributed by atoms with Gasteiger partial charge >= 0.3 is 5.97 Å². The SMILES string of the molecule is Cc1cccc(/C=C/C(=O)OCC(=O)N2c3ccccc3NC(=O)C[C@H]2C)c1. The number of ether oxygens (including phenoxy) is 1. The van der Waals surface area contributed by atoms with Gasteiger partial charge in [-0.1, -0.05) is 42.0 Å². The molecule has 0 unspecified atom stereocenters. The average molecular weight is 378 g/mol. The Kier molecular flexibility index (Phi) is 5.89. The van der Waals surface area contributed by atoms with Gasteiger partial charge in [-0.05, 0) is 37.6 Å². The van der Waals surface area contributed by atoms with Gasteiger partial charge in [-0.15, -0.1) is 0 Å². The lowest BCUT2D eigenvalue weighted by Crippen LogP contribution is -2.41. The minimum Gasteiger partial charge on any atom is -0.452 e. The van der Waals surface area contributed by atoms with Crippen LogP contribution in [-0.4, -0.2) is 30.4 Å². The number of hydrogen-bond donors (Lipinski definition) is 1. The number of carbonyl (C=O) groups is 3. The van der Waals surface area contributed by atoms with Crippen molar-refractivity contribution in [2.75, 3.05) is 16.8 Å². The lowest BCUT2D eigenvalue weighted by atomic mass is 10.1.